The third-order valence-corrected chi connectivity index (χ3v) is 1.61. The van der Waals surface area contributed by atoms with Gasteiger partial charge in [0, 0.05) is 19.0 Å². The first-order valence-corrected chi connectivity index (χ1v) is 4.37. The molecular weight excluding hydrogens is 198 g/mol. The molecular formula is C9H10N3O3. The molecule has 0 saturated heterocycles. The summed E-state index contributed by atoms with van der Waals surface area (Å²) < 4.78 is 0. The van der Waals surface area contributed by atoms with Gasteiger partial charge in [-0.1, -0.05) is 0 Å². The van der Waals surface area contributed by atoms with Gasteiger partial charge in [-0.15, -0.1) is 0 Å². The summed E-state index contributed by atoms with van der Waals surface area (Å²) in [5.41, 5.74) is 0. The number of ketones is 1. The standard InChI is InChI=1S/C9H10N3O3/c1-6(13)2-3-8(14)11-7-4-5-10-9(15)12-7/h4-5H,2-3H2,1H3,(H,11,12,14,15). The molecule has 1 aliphatic heterocycles. The molecule has 0 aromatic carbocycles. The fourth-order valence-corrected chi connectivity index (χ4v) is 0.905. The summed E-state index contributed by atoms with van der Waals surface area (Å²) in [5.74, 6) is -0.246. The SMILES string of the molecule is CC(=O)CCC(=O)NC1=NC(=O)[N]C=C1. The lowest BCUT2D eigenvalue weighted by molar-refractivity contribution is -0.123. The normalized spacial score (nSPS) is 14.2. The van der Waals surface area contributed by atoms with E-state index in [1.807, 2.05) is 0 Å². The topological polar surface area (TPSA) is 89.7 Å². The minimum atomic E-state index is -0.653. The molecule has 0 aromatic rings. The molecule has 0 saturated carbocycles. The molecule has 6 nitrogen and oxygen atoms in total. The summed E-state index contributed by atoms with van der Waals surface area (Å²) in [6.07, 6.45) is 2.94. The second-order valence-corrected chi connectivity index (χ2v) is 2.97. The second-order valence-electron chi connectivity index (χ2n) is 2.97. The number of urea groups is 1. The Labute approximate surface area is 86.4 Å². The summed E-state index contributed by atoms with van der Waals surface area (Å²) in [6, 6.07) is -0.653. The molecule has 6 heteroatoms. The highest BCUT2D eigenvalue weighted by atomic mass is 16.2. The number of nitrogens with zero attached hydrogens (tertiary/aromatic N) is 2. The molecule has 15 heavy (non-hydrogen) atoms. The largest absolute Gasteiger partial charge is 0.368 e. The molecule has 0 aromatic heterocycles. The number of nitrogens with one attached hydrogen (secondary N) is 1. The van der Waals surface area contributed by atoms with Gasteiger partial charge in [-0.05, 0) is 13.0 Å². The van der Waals surface area contributed by atoms with Gasteiger partial charge in [0.25, 0.3) is 0 Å². The van der Waals surface area contributed by atoms with Gasteiger partial charge in [-0.25, -0.2) is 4.79 Å². The molecule has 0 aliphatic carbocycles. The predicted molar refractivity (Wildman–Crippen MR) is 52.2 cm³/mol. The summed E-state index contributed by atoms with van der Waals surface area (Å²) >= 11 is 0. The zero-order valence-corrected chi connectivity index (χ0v) is 8.19. The zero-order valence-electron chi connectivity index (χ0n) is 8.19. The number of hydrogen-bond acceptors (Lipinski definition) is 3. The van der Waals surface area contributed by atoms with Gasteiger partial charge >= 0.3 is 6.03 Å². The highest BCUT2D eigenvalue weighted by Gasteiger charge is 2.10. The van der Waals surface area contributed by atoms with Crippen molar-refractivity contribution in [2.75, 3.05) is 0 Å². The third kappa shape index (κ3) is 4.17. The predicted octanol–water partition coefficient (Wildman–Crippen LogP) is 0.122. The van der Waals surface area contributed by atoms with Gasteiger partial charge in [0.15, 0.2) is 0 Å². The number of amidine groups is 1. The van der Waals surface area contributed by atoms with Crippen LogP contribution in [0.5, 0.6) is 0 Å². The fourth-order valence-electron chi connectivity index (χ4n) is 0.905. The van der Waals surface area contributed by atoms with E-state index < -0.39 is 6.03 Å². The quantitative estimate of drug-likeness (QED) is 0.714. The molecule has 0 fully saturated rings. The average molecular weight is 208 g/mol. The van der Waals surface area contributed by atoms with Crippen molar-refractivity contribution in [2.45, 2.75) is 19.8 Å². The maximum absolute atomic E-state index is 11.2. The van der Waals surface area contributed by atoms with Crippen LogP contribution in [0.25, 0.3) is 0 Å². The van der Waals surface area contributed by atoms with Crippen molar-refractivity contribution in [1.29, 1.82) is 0 Å². The molecule has 0 spiro atoms. The van der Waals surface area contributed by atoms with Crippen molar-refractivity contribution < 1.29 is 14.4 Å². The van der Waals surface area contributed by atoms with Crippen molar-refractivity contribution in [3.8, 4) is 0 Å². The first kappa shape index (κ1) is 11.1. The summed E-state index contributed by atoms with van der Waals surface area (Å²) in [4.78, 5) is 36.0. The fraction of sp³-hybridized carbons (Fsp3) is 0.333. The molecule has 1 aliphatic rings. The Morgan fingerprint density at radius 1 is 1.40 bits per heavy atom. The van der Waals surface area contributed by atoms with E-state index in [0.717, 1.165) is 0 Å². The molecule has 3 amide bonds. The average Bonchev–Trinajstić information content (AvgIpc) is 2.15. The molecule has 1 N–H and O–H groups in total. The van der Waals surface area contributed by atoms with Crippen LogP contribution in [0.3, 0.4) is 0 Å². The summed E-state index contributed by atoms with van der Waals surface area (Å²) in [6.45, 7) is 1.41. The first-order chi connectivity index (χ1) is 7.08. The Balaban J connectivity index is 2.41. The molecule has 0 bridgehead atoms. The van der Waals surface area contributed by atoms with Gasteiger partial charge in [-0.3, -0.25) is 4.79 Å². The molecule has 79 valence electrons. The Kier molecular flexibility index (Phi) is 3.73. The third-order valence-electron chi connectivity index (χ3n) is 1.61. The van der Waals surface area contributed by atoms with Crippen LogP contribution in [0.1, 0.15) is 19.8 Å². The monoisotopic (exact) mass is 208 g/mol. The van der Waals surface area contributed by atoms with Crippen LogP contribution in [-0.4, -0.2) is 23.6 Å². The lowest BCUT2D eigenvalue weighted by Crippen LogP contribution is -2.32. The van der Waals surface area contributed by atoms with E-state index in [1.165, 1.54) is 19.2 Å². The highest BCUT2D eigenvalue weighted by Crippen LogP contribution is 1.93. The van der Waals surface area contributed by atoms with E-state index in [2.05, 4.69) is 15.6 Å². The molecule has 0 atom stereocenters. The van der Waals surface area contributed by atoms with Gasteiger partial charge in [-0.2, -0.15) is 10.3 Å². The number of aliphatic imine (C=N–C) groups is 1. The van der Waals surface area contributed by atoms with E-state index in [0.29, 0.717) is 0 Å². The number of hydrogen-bond donors (Lipinski definition) is 1. The van der Waals surface area contributed by atoms with Crippen LogP contribution in [0.15, 0.2) is 17.3 Å². The summed E-state index contributed by atoms with van der Waals surface area (Å²) in [7, 11) is 0. The first-order valence-electron chi connectivity index (χ1n) is 4.37. The van der Waals surface area contributed by atoms with Gasteiger partial charge in [0.1, 0.15) is 11.6 Å². The van der Waals surface area contributed by atoms with Gasteiger partial charge < -0.3 is 10.1 Å². The highest BCUT2D eigenvalue weighted by molar-refractivity contribution is 6.10. The van der Waals surface area contributed by atoms with Crippen LogP contribution in [0, 0.1) is 0 Å². The van der Waals surface area contributed by atoms with E-state index in [-0.39, 0.29) is 30.4 Å². The van der Waals surface area contributed by atoms with E-state index in [4.69, 9.17) is 0 Å². The Morgan fingerprint density at radius 2 is 2.13 bits per heavy atom. The zero-order chi connectivity index (χ0) is 11.3. The van der Waals surface area contributed by atoms with Crippen molar-refractivity contribution in [2.24, 2.45) is 4.99 Å². The van der Waals surface area contributed by atoms with Crippen LogP contribution >= 0.6 is 0 Å². The van der Waals surface area contributed by atoms with Gasteiger partial charge in [0.2, 0.25) is 5.91 Å². The maximum atomic E-state index is 11.2. The Hall–Kier alpha value is -1.98. The lowest BCUT2D eigenvalue weighted by Gasteiger charge is -2.06. The summed E-state index contributed by atoms with van der Waals surface area (Å²) in [5, 5.41) is 5.75. The second kappa shape index (κ2) is 5.04. The molecule has 0 unspecified atom stereocenters. The molecule has 1 rings (SSSR count). The van der Waals surface area contributed by atoms with Crippen molar-refractivity contribution in [1.82, 2.24) is 10.6 Å². The molecule has 1 heterocycles. The van der Waals surface area contributed by atoms with E-state index in [9.17, 15) is 14.4 Å². The van der Waals surface area contributed by atoms with Crippen molar-refractivity contribution >= 4 is 23.6 Å². The number of carbonyl (C=O) groups is 3. The van der Waals surface area contributed by atoms with E-state index >= 15 is 0 Å². The van der Waals surface area contributed by atoms with Gasteiger partial charge in [0.05, 0.1) is 0 Å². The number of amides is 3. The van der Waals surface area contributed by atoms with E-state index in [1.54, 1.807) is 0 Å². The van der Waals surface area contributed by atoms with Crippen LogP contribution < -0.4 is 10.6 Å². The number of carbonyl (C=O) groups excluding carboxylic acids is 3. The Bertz CT molecular complexity index is 358. The van der Waals surface area contributed by atoms with Crippen molar-refractivity contribution in [3.63, 3.8) is 0 Å². The minimum Gasteiger partial charge on any atom is -0.310 e. The Morgan fingerprint density at radius 3 is 2.73 bits per heavy atom. The molecule has 1 radical (unpaired) electrons. The van der Waals surface area contributed by atoms with Crippen LogP contribution in [0.2, 0.25) is 0 Å². The number of Topliss-reactive ketones (excluding diaryl/α,β-unsaturated/α-hetero) is 1. The minimum absolute atomic E-state index is 0.0580. The number of rotatable bonds is 3. The lowest BCUT2D eigenvalue weighted by atomic mass is 10.2. The smallest absolute Gasteiger partial charge is 0.310 e. The van der Waals surface area contributed by atoms with Crippen LogP contribution in [0.4, 0.5) is 4.79 Å². The maximum Gasteiger partial charge on any atom is 0.368 e. The van der Waals surface area contributed by atoms with Crippen LogP contribution in [-0.2, 0) is 9.59 Å². The van der Waals surface area contributed by atoms with Crippen molar-refractivity contribution in [3.05, 3.63) is 12.3 Å².